The second-order valence-corrected chi connectivity index (χ2v) is 5.79. The van der Waals surface area contributed by atoms with Gasteiger partial charge in [0.05, 0.1) is 0 Å². The van der Waals surface area contributed by atoms with Crippen molar-refractivity contribution in [1.82, 2.24) is 0 Å². The first-order valence-electron chi connectivity index (χ1n) is 6.18. The van der Waals surface area contributed by atoms with Crippen molar-refractivity contribution >= 4 is 5.57 Å². The number of benzene rings is 1. The smallest absolute Gasteiger partial charge is 0.123 e. The number of hydrogen-bond acceptors (Lipinski definition) is 0. The normalized spacial score (nSPS) is 21.1. The molecule has 0 fully saturated rings. The van der Waals surface area contributed by atoms with Gasteiger partial charge in [-0.2, -0.15) is 0 Å². The molecule has 3 rings (SSSR count). The van der Waals surface area contributed by atoms with Gasteiger partial charge in [0.1, 0.15) is 5.82 Å². The molecule has 1 aromatic carbocycles. The van der Waals surface area contributed by atoms with Crippen LogP contribution in [-0.2, 0) is 6.42 Å². The summed E-state index contributed by atoms with van der Waals surface area (Å²) >= 11 is 0. The summed E-state index contributed by atoms with van der Waals surface area (Å²) in [6.45, 7) is 6.79. The predicted octanol–water partition coefficient (Wildman–Crippen LogP) is 4.51. The molecular weight excluding hydrogens is 211 g/mol. The molecule has 0 amide bonds. The first-order valence-corrected chi connectivity index (χ1v) is 6.18. The monoisotopic (exact) mass is 228 g/mol. The van der Waals surface area contributed by atoms with Crippen molar-refractivity contribution in [3.05, 3.63) is 52.4 Å². The summed E-state index contributed by atoms with van der Waals surface area (Å²) < 4.78 is 13.3. The Morgan fingerprint density at radius 3 is 2.76 bits per heavy atom. The van der Waals surface area contributed by atoms with Crippen molar-refractivity contribution in [3.8, 4) is 0 Å². The van der Waals surface area contributed by atoms with Gasteiger partial charge in [-0.15, -0.1) is 0 Å². The van der Waals surface area contributed by atoms with E-state index in [1.807, 2.05) is 6.07 Å². The minimum absolute atomic E-state index is 0.131. The average molecular weight is 228 g/mol. The standard InChI is InChI=1S/C16H17F/c1-10-14-8-11-4-5-12(17)9-15(11)13(14)6-7-16(10,2)3/h4-6,9H,7-8H2,1-3H3. The van der Waals surface area contributed by atoms with E-state index < -0.39 is 0 Å². The van der Waals surface area contributed by atoms with Gasteiger partial charge in [0, 0.05) is 0 Å². The van der Waals surface area contributed by atoms with Crippen LogP contribution < -0.4 is 0 Å². The third-order valence-electron chi connectivity index (χ3n) is 4.34. The van der Waals surface area contributed by atoms with Crippen LogP contribution in [0.2, 0.25) is 0 Å². The van der Waals surface area contributed by atoms with E-state index in [2.05, 4.69) is 26.8 Å². The maximum absolute atomic E-state index is 13.3. The van der Waals surface area contributed by atoms with Crippen LogP contribution in [0, 0.1) is 11.2 Å². The molecule has 1 aromatic rings. The van der Waals surface area contributed by atoms with Gasteiger partial charge in [-0.25, -0.2) is 4.39 Å². The van der Waals surface area contributed by atoms with Crippen molar-refractivity contribution in [2.75, 3.05) is 0 Å². The number of hydrogen-bond donors (Lipinski definition) is 0. The lowest BCUT2D eigenvalue weighted by Crippen LogP contribution is -2.17. The maximum atomic E-state index is 13.3. The molecule has 0 atom stereocenters. The minimum Gasteiger partial charge on any atom is -0.207 e. The largest absolute Gasteiger partial charge is 0.207 e. The molecule has 0 radical (unpaired) electrons. The summed E-state index contributed by atoms with van der Waals surface area (Å²) in [6.07, 6.45) is 4.30. The predicted molar refractivity (Wildman–Crippen MR) is 69.2 cm³/mol. The van der Waals surface area contributed by atoms with E-state index in [0.717, 1.165) is 18.4 Å². The van der Waals surface area contributed by atoms with Gasteiger partial charge in [-0.1, -0.05) is 31.6 Å². The van der Waals surface area contributed by atoms with E-state index >= 15 is 0 Å². The quantitative estimate of drug-likeness (QED) is 0.612. The lowest BCUT2D eigenvalue weighted by Gasteiger charge is -2.31. The van der Waals surface area contributed by atoms with Crippen LogP contribution in [0.25, 0.3) is 5.57 Å². The topological polar surface area (TPSA) is 0 Å². The molecule has 0 N–H and O–H groups in total. The number of rotatable bonds is 0. The average Bonchev–Trinajstić information content (AvgIpc) is 2.62. The molecule has 17 heavy (non-hydrogen) atoms. The molecular formula is C16H17F. The molecule has 2 aliphatic rings. The van der Waals surface area contributed by atoms with Gasteiger partial charge in [0.2, 0.25) is 0 Å². The SMILES string of the molecule is CC1=C2Cc3ccc(F)cc3C2=CCC1(C)C. The van der Waals surface area contributed by atoms with Crippen LogP contribution in [0.1, 0.15) is 38.3 Å². The van der Waals surface area contributed by atoms with E-state index in [0.29, 0.717) is 0 Å². The van der Waals surface area contributed by atoms with Crippen molar-refractivity contribution in [3.63, 3.8) is 0 Å². The summed E-state index contributed by atoms with van der Waals surface area (Å²) in [6, 6.07) is 5.18. The summed E-state index contributed by atoms with van der Waals surface area (Å²) in [5.41, 5.74) is 6.78. The summed E-state index contributed by atoms with van der Waals surface area (Å²) in [7, 11) is 0. The number of allylic oxidation sites excluding steroid dienone is 4. The summed E-state index contributed by atoms with van der Waals surface area (Å²) in [4.78, 5) is 0. The fraction of sp³-hybridized carbons (Fsp3) is 0.375. The molecule has 0 bridgehead atoms. The highest BCUT2D eigenvalue weighted by atomic mass is 19.1. The van der Waals surface area contributed by atoms with Crippen molar-refractivity contribution in [2.45, 2.75) is 33.6 Å². The first kappa shape index (κ1) is 10.8. The summed E-state index contributed by atoms with van der Waals surface area (Å²) in [5, 5.41) is 0. The Balaban J connectivity index is 2.19. The van der Waals surface area contributed by atoms with Crippen LogP contribution in [-0.4, -0.2) is 0 Å². The van der Waals surface area contributed by atoms with Gasteiger partial charge in [-0.05, 0) is 59.6 Å². The van der Waals surface area contributed by atoms with E-state index in [9.17, 15) is 4.39 Å². The lowest BCUT2D eigenvalue weighted by atomic mass is 9.74. The van der Waals surface area contributed by atoms with Gasteiger partial charge in [0.15, 0.2) is 0 Å². The van der Waals surface area contributed by atoms with Gasteiger partial charge in [-0.3, -0.25) is 0 Å². The fourth-order valence-corrected chi connectivity index (χ4v) is 2.89. The Kier molecular flexibility index (Phi) is 2.10. The number of halogens is 1. The van der Waals surface area contributed by atoms with Crippen molar-refractivity contribution in [1.29, 1.82) is 0 Å². The summed E-state index contributed by atoms with van der Waals surface area (Å²) in [5.74, 6) is -0.131. The third kappa shape index (κ3) is 1.49. The Bertz CT molecular complexity index is 559. The number of fused-ring (bicyclic) bond motifs is 3. The zero-order valence-electron chi connectivity index (χ0n) is 10.6. The molecule has 0 spiro atoms. The van der Waals surface area contributed by atoms with Gasteiger partial charge in [0.25, 0.3) is 0 Å². The highest BCUT2D eigenvalue weighted by molar-refractivity contribution is 5.87. The van der Waals surface area contributed by atoms with E-state index in [1.54, 1.807) is 12.1 Å². The van der Waals surface area contributed by atoms with Gasteiger partial charge >= 0.3 is 0 Å². The van der Waals surface area contributed by atoms with Crippen LogP contribution in [0.5, 0.6) is 0 Å². The Morgan fingerprint density at radius 1 is 1.24 bits per heavy atom. The van der Waals surface area contributed by atoms with Crippen molar-refractivity contribution < 1.29 is 4.39 Å². The van der Waals surface area contributed by atoms with E-state index in [1.165, 1.54) is 22.3 Å². The Hall–Kier alpha value is -1.37. The molecule has 0 nitrogen and oxygen atoms in total. The zero-order chi connectivity index (χ0) is 12.2. The van der Waals surface area contributed by atoms with Crippen LogP contribution in [0.15, 0.2) is 35.4 Å². The van der Waals surface area contributed by atoms with E-state index in [-0.39, 0.29) is 11.2 Å². The third-order valence-corrected chi connectivity index (χ3v) is 4.34. The molecule has 0 unspecified atom stereocenters. The molecule has 0 heterocycles. The molecule has 0 aliphatic heterocycles. The van der Waals surface area contributed by atoms with Crippen LogP contribution in [0.4, 0.5) is 4.39 Å². The molecule has 0 aromatic heterocycles. The molecule has 88 valence electrons. The minimum atomic E-state index is -0.131. The Labute approximate surface area is 102 Å². The highest BCUT2D eigenvalue weighted by Crippen LogP contribution is 2.48. The van der Waals surface area contributed by atoms with Crippen LogP contribution in [0.3, 0.4) is 0 Å². The molecule has 0 saturated heterocycles. The highest BCUT2D eigenvalue weighted by Gasteiger charge is 2.32. The first-order chi connectivity index (χ1) is 7.99. The zero-order valence-corrected chi connectivity index (χ0v) is 10.6. The second kappa shape index (κ2) is 3.32. The van der Waals surface area contributed by atoms with Crippen LogP contribution >= 0.6 is 0 Å². The molecule has 1 heteroatoms. The fourth-order valence-electron chi connectivity index (χ4n) is 2.89. The van der Waals surface area contributed by atoms with Gasteiger partial charge < -0.3 is 0 Å². The van der Waals surface area contributed by atoms with E-state index in [4.69, 9.17) is 0 Å². The second-order valence-electron chi connectivity index (χ2n) is 5.79. The lowest BCUT2D eigenvalue weighted by molar-refractivity contribution is 0.445. The molecule has 0 saturated carbocycles. The Morgan fingerprint density at radius 2 is 2.00 bits per heavy atom. The maximum Gasteiger partial charge on any atom is 0.123 e. The van der Waals surface area contributed by atoms with Crippen molar-refractivity contribution in [2.24, 2.45) is 5.41 Å². The molecule has 2 aliphatic carbocycles.